The minimum Gasteiger partial charge on any atom is -0.508 e. The van der Waals surface area contributed by atoms with E-state index in [9.17, 15) is 0 Å². The average molecular weight is 117 g/mol. The van der Waals surface area contributed by atoms with Crippen LogP contribution in [0.1, 0.15) is 0 Å². The molecule has 1 radical (unpaired) electrons. The van der Waals surface area contributed by atoms with Gasteiger partial charge in [-0.05, 0) is 24.3 Å². The molecule has 1 aromatic rings. The fourth-order valence-corrected chi connectivity index (χ4v) is 0.453. The van der Waals surface area contributed by atoms with E-state index in [2.05, 4.69) is 0 Å². The molecular formula is C6H6LiO2. The molecule has 0 aliphatic carbocycles. The van der Waals surface area contributed by atoms with E-state index >= 15 is 0 Å². The zero-order valence-electron chi connectivity index (χ0n) is 5.20. The van der Waals surface area contributed by atoms with Gasteiger partial charge in [-0.3, -0.25) is 0 Å². The summed E-state index contributed by atoms with van der Waals surface area (Å²) in [6.07, 6.45) is 0. The van der Waals surface area contributed by atoms with Crippen molar-refractivity contribution in [3.63, 3.8) is 0 Å². The maximum Gasteiger partial charge on any atom is 0.115 e. The van der Waals surface area contributed by atoms with E-state index in [1.54, 1.807) is 0 Å². The molecule has 0 aliphatic rings. The van der Waals surface area contributed by atoms with Crippen molar-refractivity contribution in [2.24, 2.45) is 0 Å². The van der Waals surface area contributed by atoms with Gasteiger partial charge < -0.3 is 10.2 Å². The Morgan fingerprint density at radius 1 is 0.778 bits per heavy atom. The molecule has 1 aromatic carbocycles. The van der Waals surface area contributed by atoms with Gasteiger partial charge in [0.15, 0.2) is 0 Å². The van der Waals surface area contributed by atoms with Gasteiger partial charge in [0.25, 0.3) is 0 Å². The number of phenolic OH excluding ortho intramolecular Hbond substituents is 2. The number of phenols is 2. The molecule has 0 saturated heterocycles. The second-order valence-corrected chi connectivity index (χ2v) is 1.52. The molecule has 9 heavy (non-hydrogen) atoms. The van der Waals surface area contributed by atoms with E-state index in [1.807, 2.05) is 0 Å². The molecule has 0 bridgehead atoms. The number of benzene rings is 1. The van der Waals surface area contributed by atoms with Gasteiger partial charge >= 0.3 is 0 Å². The summed E-state index contributed by atoms with van der Waals surface area (Å²) in [5, 5.41) is 17.3. The molecule has 2 nitrogen and oxygen atoms in total. The fraction of sp³-hybridized carbons (Fsp3) is 0. The van der Waals surface area contributed by atoms with Gasteiger partial charge in [0.1, 0.15) is 11.5 Å². The van der Waals surface area contributed by atoms with Gasteiger partial charge in [-0.2, -0.15) is 0 Å². The molecule has 0 spiro atoms. The monoisotopic (exact) mass is 117 g/mol. The Morgan fingerprint density at radius 3 is 1.22 bits per heavy atom. The van der Waals surface area contributed by atoms with E-state index in [0.717, 1.165) is 0 Å². The average Bonchev–Trinajstić information content (AvgIpc) is 1.77. The number of rotatable bonds is 0. The molecule has 0 heterocycles. The summed E-state index contributed by atoms with van der Waals surface area (Å²) in [6.45, 7) is 0. The molecule has 0 aliphatic heterocycles. The summed E-state index contributed by atoms with van der Waals surface area (Å²) in [5.74, 6) is 0.339. The number of aromatic hydroxyl groups is 2. The summed E-state index contributed by atoms with van der Waals surface area (Å²) in [6, 6.07) is 5.70. The molecule has 43 valence electrons. The van der Waals surface area contributed by atoms with Crippen LogP contribution in [0, 0.1) is 0 Å². The van der Waals surface area contributed by atoms with Crippen LogP contribution >= 0.6 is 0 Å². The van der Waals surface area contributed by atoms with Crippen LogP contribution < -0.4 is 0 Å². The smallest absolute Gasteiger partial charge is 0.115 e. The van der Waals surface area contributed by atoms with Crippen molar-refractivity contribution in [3.05, 3.63) is 24.3 Å². The minimum absolute atomic E-state index is 0. The maximum absolute atomic E-state index is 8.65. The summed E-state index contributed by atoms with van der Waals surface area (Å²) in [7, 11) is 0. The zero-order chi connectivity index (χ0) is 5.98. The van der Waals surface area contributed by atoms with Crippen LogP contribution in [0.4, 0.5) is 0 Å². The molecule has 3 heteroatoms. The van der Waals surface area contributed by atoms with Crippen molar-refractivity contribution >= 4 is 18.9 Å². The minimum atomic E-state index is 0. The third kappa shape index (κ3) is 2.45. The molecule has 0 atom stereocenters. The predicted octanol–water partition coefficient (Wildman–Crippen LogP) is 0.717. The van der Waals surface area contributed by atoms with E-state index in [4.69, 9.17) is 10.2 Å². The Bertz CT molecular complexity index is 150. The standard InChI is InChI=1S/C6H6O2.Li/c7-5-1-2-6(8)4-3-5;/h1-4,7-8H;. The van der Waals surface area contributed by atoms with Crippen molar-refractivity contribution in [2.75, 3.05) is 0 Å². The first-order valence-corrected chi connectivity index (χ1v) is 2.27. The van der Waals surface area contributed by atoms with Crippen LogP contribution in [0.5, 0.6) is 11.5 Å². The third-order valence-electron chi connectivity index (χ3n) is 0.850. The van der Waals surface area contributed by atoms with Gasteiger partial charge in [0, 0.05) is 18.9 Å². The number of hydrogen-bond acceptors (Lipinski definition) is 2. The van der Waals surface area contributed by atoms with Crippen LogP contribution in [0.3, 0.4) is 0 Å². The SMILES string of the molecule is Oc1ccc(O)cc1.[Li]. The van der Waals surface area contributed by atoms with Crippen LogP contribution in [0.25, 0.3) is 0 Å². The largest absolute Gasteiger partial charge is 0.508 e. The Hall–Kier alpha value is -0.583. The first-order valence-electron chi connectivity index (χ1n) is 2.27. The van der Waals surface area contributed by atoms with Gasteiger partial charge in [0.05, 0.1) is 0 Å². The molecule has 0 unspecified atom stereocenters. The predicted molar refractivity (Wildman–Crippen MR) is 35.5 cm³/mol. The van der Waals surface area contributed by atoms with E-state index < -0.39 is 0 Å². The fourth-order valence-electron chi connectivity index (χ4n) is 0.453. The van der Waals surface area contributed by atoms with Crippen LogP contribution in [0.2, 0.25) is 0 Å². The quantitative estimate of drug-likeness (QED) is 0.388. The van der Waals surface area contributed by atoms with Gasteiger partial charge in [-0.25, -0.2) is 0 Å². The van der Waals surface area contributed by atoms with E-state index in [-0.39, 0.29) is 30.4 Å². The molecule has 0 saturated carbocycles. The van der Waals surface area contributed by atoms with Crippen LogP contribution in [-0.2, 0) is 0 Å². The van der Waals surface area contributed by atoms with E-state index in [1.165, 1.54) is 24.3 Å². The van der Waals surface area contributed by atoms with E-state index in [0.29, 0.717) is 0 Å². The Morgan fingerprint density at radius 2 is 1.00 bits per heavy atom. The van der Waals surface area contributed by atoms with Crippen molar-refractivity contribution < 1.29 is 10.2 Å². The Balaban J connectivity index is 0.000000640. The van der Waals surface area contributed by atoms with Crippen molar-refractivity contribution in [3.8, 4) is 11.5 Å². The Labute approximate surface area is 65.3 Å². The molecule has 1 rings (SSSR count). The second kappa shape index (κ2) is 3.44. The molecule has 0 aromatic heterocycles. The first kappa shape index (κ1) is 8.42. The second-order valence-electron chi connectivity index (χ2n) is 1.52. The van der Waals surface area contributed by atoms with Crippen molar-refractivity contribution in [2.45, 2.75) is 0 Å². The molecule has 0 fully saturated rings. The van der Waals surface area contributed by atoms with Crippen molar-refractivity contribution in [1.29, 1.82) is 0 Å². The first-order chi connectivity index (χ1) is 3.79. The van der Waals surface area contributed by atoms with Gasteiger partial charge in [0.2, 0.25) is 0 Å². The van der Waals surface area contributed by atoms with Crippen LogP contribution in [-0.4, -0.2) is 29.1 Å². The maximum atomic E-state index is 8.65. The third-order valence-corrected chi connectivity index (χ3v) is 0.850. The topological polar surface area (TPSA) is 40.5 Å². The molecular weight excluding hydrogens is 111 g/mol. The van der Waals surface area contributed by atoms with Crippen molar-refractivity contribution in [1.82, 2.24) is 0 Å². The van der Waals surface area contributed by atoms with Crippen LogP contribution in [0.15, 0.2) is 24.3 Å². The Kier molecular flexibility index (Phi) is 3.22. The molecule has 0 amide bonds. The summed E-state index contributed by atoms with van der Waals surface area (Å²) in [4.78, 5) is 0. The summed E-state index contributed by atoms with van der Waals surface area (Å²) in [5.41, 5.74) is 0. The summed E-state index contributed by atoms with van der Waals surface area (Å²) >= 11 is 0. The number of hydrogen-bond donors (Lipinski definition) is 2. The van der Waals surface area contributed by atoms with Gasteiger partial charge in [-0.15, -0.1) is 0 Å². The zero-order valence-corrected chi connectivity index (χ0v) is 5.20. The normalized spacial score (nSPS) is 8.00. The van der Waals surface area contributed by atoms with Gasteiger partial charge in [-0.1, -0.05) is 0 Å². The summed E-state index contributed by atoms with van der Waals surface area (Å²) < 4.78 is 0. The molecule has 2 N–H and O–H groups in total.